The van der Waals surface area contributed by atoms with Gasteiger partial charge in [-0.25, -0.2) is 13.2 Å². The Hall–Kier alpha value is -2.19. The van der Waals surface area contributed by atoms with E-state index >= 15 is 13.2 Å². The normalized spacial score (nSPS) is 17.9. The van der Waals surface area contributed by atoms with Crippen LogP contribution < -0.4 is 0 Å². The zero-order valence-corrected chi connectivity index (χ0v) is 26.0. The van der Waals surface area contributed by atoms with Crippen molar-refractivity contribution in [3.8, 4) is 0 Å². The third-order valence-electron chi connectivity index (χ3n) is 6.68. The molecule has 0 spiro atoms. The number of nitrogens with zero attached hydrogens (tertiary/aromatic N) is 3. The van der Waals surface area contributed by atoms with E-state index in [1.54, 1.807) is 32.1 Å². The summed E-state index contributed by atoms with van der Waals surface area (Å²) in [6.45, 7) is 15.3. The standard InChI is InChI=1S/C26H31BrF3N3O.2C2H6/c1-15(12-20-17(3)31-9-7-22(20)27)18(4)33-10-8-21(26(29,30)14-33)24-16(2)11-19(13-23(24)28)25(34)32(5)6;2*1-2/h7,9,11-13,18,21H,8,10,14H2,1-6H3;2*1-2H3/b15-12+;;. The molecule has 4 nitrogen and oxygen atoms in total. The lowest BCUT2D eigenvalue weighted by atomic mass is 9.82. The van der Waals surface area contributed by atoms with E-state index in [0.29, 0.717) is 12.1 Å². The third kappa shape index (κ3) is 7.92. The maximum Gasteiger partial charge on any atom is 0.267 e. The van der Waals surface area contributed by atoms with Crippen molar-refractivity contribution in [2.24, 2.45) is 0 Å². The summed E-state index contributed by atoms with van der Waals surface area (Å²) >= 11 is 3.53. The molecule has 2 aromatic rings. The van der Waals surface area contributed by atoms with Gasteiger partial charge in [0, 0.05) is 47.6 Å². The first-order valence-electron chi connectivity index (χ1n) is 13.3. The number of aromatic nitrogens is 1. The van der Waals surface area contributed by atoms with E-state index in [4.69, 9.17) is 0 Å². The number of carbonyl (C=O) groups excluding carboxylic acids is 1. The summed E-state index contributed by atoms with van der Waals surface area (Å²) in [7, 11) is 3.14. The minimum absolute atomic E-state index is 0.00906. The lowest BCUT2D eigenvalue weighted by molar-refractivity contribution is -0.0890. The Morgan fingerprint density at radius 1 is 1.21 bits per heavy atom. The van der Waals surface area contributed by atoms with Gasteiger partial charge in [0.25, 0.3) is 11.8 Å². The molecular weight excluding hydrogens is 555 g/mol. The van der Waals surface area contributed by atoms with E-state index in [1.807, 2.05) is 60.6 Å². The monoisotopic (exact) mass is 597 g/mol. The van der Waals surface area contributed by atoms with Crippen LogP contribution in [0.2, 0.25) is 0 Å². The molecule has 1 aliphatic rings. The van der Waals surface area contributed by atoms with Crippen molar-refractivity contribution in [2.75, 3.05) is 27.2 Å². The van der Waals surface area contributed by atoms with Crippen LogP contribution in [-0.4, -0.2) is 59.8 Å². The van der Waals surface area contributed by atoms with Crippen molar-refractivity contribution in [1.29, 1.82) is 0 Å². The molecule has 38 heavy (non-hydrogen) atoms. The number of halogens is 4. The van der Waals surface area contributed by atoms with Gasteiger partial charge in [-0.2, -0.15) is 0 Å². The van der Waals surface area contributed by atoms with Crippen LogP contribution in [0.1, 0.15) is 86.6 Å². The molecule has 8 heteroatoms. The summed E-state index contributed by atoms with van der Waals surface area (Å²) in [5.41, 5.74) is 3.28. The van der Waals surface area contributed by atoms with Crippen LogP contribution in [-0.2, 0) is 0 Å². The van der Waals surface area contributed by atoms with Crippen molar-refractivity contribution in [3.63, 3.8) is 0 Å². The topological polar surface area (TPSA) is 36.4 Å². The minimum atomic E-state index is -3.11. The molecule has 2 heterocycles. The van der Waals surface area contributed by atoms with E-state index in [2.05, 4.69) is 20.9 Å². The predicted octanol–water partition coefficient (Wildman–Crippen LogP) is 8.27. The molecule has 3 rings (SSSR count). The summed E-state index contributed by atoms with van der Waals surface area (Å²) in [5, 5.41) is 0. The highest BCUT2D eigenvalue weighted by atomic mass is 79.9. The van der Waals surface area contributed by atoms with Gasteiger partial charge in [-0.1, -0.05) is 55.3 Å². The smallest absolute Gasteiger partial charge is 0.267 e. The number of pyridine rings is 1. The number of benzene rings is 1. The van der Waals surface area contributed by atoms with Crippen LogP contribution in [0.5, 0.6) is 0 Å². The van der Waals surface area contributed by atoms with Gasteiger partial charge in [-0.15, -0.1) is 0 Å². The summed E-state index contributed by atoms with van der Waals surface area (Å²) < 4.78 is 46.7. The molecule has 1 aliphatic heterocycles. The van der Waals surface area contributed by atoms with Gasteiger partial charge in [0.2, 0.25) is 0 Å². The Bertz CT molecular complexity index is 1070. The Kier molecular flexibility index (Phi) is 13.2. The average Bonchev–Trinajstić information content (AvgIpc) is 2.87. The number of hydrogen-bond acceptors (Lipinski definition) is 3. The molecule has 0 saturated carbocycles. The van der Waals surface area contributed by atoms with Crippen LogP contribution in [0.25, 0.3) is 6.08 Å². The Morgan fingerprint density at radius 2 is 1.82 bits per heavy atom. The number of carbonyl (C=O) groups is 1. The van der Waals surface area contributed by atoms with Gasteiger partial charge in [-0.05, 0) is 70.0 Å². The van der Waals surface area contributed by atoms with E-state index < -0.39 is 24.2 Å². The second-order valence-corrected chi connectivity index (χ2v) is 10.2. The van der Waals surface area contributed by atoms with Gasteiger partial charge in [0.15, 0.2) is 0 Å². The highest BCUT2D eigenvalue weighted by molar-refractivity contribution is 9.10. The summed E-state index contributed by atoms with van der Waals surface area (Å²) in [4.78, 5) is 19.6. The molecule has 1 fully saturated rings. The van der Waals surface area contributed by atoms with Crippen LogP contribution in [0, 0.1) is 19.7 Å². The number of rotatable bonds is 5. The zero-order valence-electron chi connectivity index (χ0n) is 24.4. The predicted molar refractivity (Wildman–Crippen MR) is 156 cm³/mol. The summed E-state index contributed by atoms with van der Waals surface area (Å²) in [6, 6.07) is 4.22. The van der Waals surface area contributed by atoms with Crippen molar-refractivity contribution >= 4 is 27.9 Å². The molecule has 2 atom stereocenters. The van der Waals surface area contributed by atoms with Gasteiger partial charge in [0.1, 0.15) is 5.82 Å². The molecule has 0 bridgehead atoms. The molecule has 1 aromatic carbocycles. The van der Waals surface area contributed by atoms with Gasteiger partial charge in [0.05, 0.1) is 12.5 Å². The number of piperidine rings is 1. The Balaban J connectivity index is 0.00000172. The fourth-order valence-electron chi connectivity index (χ4n) is 4.59. The molecule has 1 saturated heterocycles. The number of hydrogen-bond donors (Lipinski definition) is 0. The van der Waals surface area contributed by atoms with Crippen LogP contribution in [0.4, 0.5) is 13.2 Å². The van der Waals surface area contributed by atoms with Crippen molar-refractivity contribution in [1.82, 2.24) is 14.8 Å². The SMILES string of the molecule is C/C(=C\c1c(Br)ccnc1C)C(C)N1CCC(c2c(C)cc(C(=O)N(C)C)cc2F)C(F)(F)C1.CC.CC. The van der Waals surface area contributed by atoms with E-state index in [1.165, 1.54) is 11.0 Å². The summed E-state index contributed by atoms with van der Waals surface area (Å²) in [5.74, 6) is -5.46. The molecule has 2 unspecified atom stereocenters. The average molecular weight is 599 g/mol. The van der Waals surface area contributed by atoms with Crippen molar-refractivity contribution in [2.45, 2.75) is 79.7 Å². The lowest BCUT2D eigenvalue weighted by Crippen LogP contribution is -2.51. The quantitative estimate of drug-likeness (QED) is 0.348. The first-order valence-corrected chi connectivity index (χ1v) is 14.1. The second-order valence-electron chi connectivity index (χ2n) is 9.32. The molecule has 1 aromatic heterocycles. The minimum Gasteiger partial charge on any atom is -0.345 e. The molecule has 0 aliphatic carbocycles. The highest BCUT2D eigenvalue weighted by Crippen LogP contribution is 2.43. The molecule has 0 radical (unpaired) electrons. The number of likely N-dealkylation sites (tertiary alicyclic amines) is 1. The maximum absolute atomic E-state index is 15.4. The van der Waals surface area contributed by atoms with Crippen LogP contribution in [0.15, 0.2) is 34.4 Å². The molecular formula is C30H43BrF3N3O. The molecule has 0 N–H and O–H groups in total. The van der Waals surface area contributed by atoms with Crippen LogP contribution >= 0.6 is 15.9 Å². The van der Waals surface area contributed by atoms with E-state index in [-0.39, 0.29) is 29.5 Å². The largest absolute Gasteiger partial charge is 0.345 e. The molecule has 1 amide bonds. The Morgan fingerprint density at radius 3 is 2.32 bits per heavy atom. The second kappa shape index (κ2) is 14.8. The van der Waals surface area contributed by atoms with Crippen molar-refractivity contribution in [3.05, 3.63) is 68.2 Å². The maximum atomic E-state index is 15.4. The number of aryl methyl sites for hydroxylation is 2. The first-order chi connectivity index (χ1) is 17.8. The van der Waals surface area contributed by atoms with Gasteiger partial charge < -0.3 is 4.90 Å². The third-order valence-corrected chi connectivity index (χ3v) is 7.37. The van der Waals surface area contributed by atoms with E-state index in [0.717, 1.165) is 27.4 Å². The fraction of sp³-hybridized carbons (Fsp3) is 0.533. The highest BCUT2D eigenvalue weighted by Gasteiger charge is 2.47. The molecule has 212 valence electrons. The van der Waals surface area contributed by atoms with Gasteiger partial charge in [-0.3, -0.25) is 14.7 Å². The van der Waals surface area contributed by atoms with Crippen LogP contribution in [0.3, 0.4) is 0 Å². The number of alkyl halides is 2. The zero-order chi connectivity index (χ0) is 29.4. The Labute approximate surface area is 235 Å². The fourth-order valence-corrected chi connectivity index (χ4v) is 5.11. The summed E-state index contributed by atoms with van der Waals surface area (Å²) in [6.07, 6.45) is 3.81. The number of amides is 1. The first kappa shape index (κ1) is 33.8. The van der Waals surface area contributed by atoms with E-state index in [9.17, 15) is 4.79 Å². The van der Waals surface area contributed by atoms with Gasteiger partial charge >= 0.3 is 0 Å². The lowest BCUT2D eigenvalue weighted by Gasteiger charge is -2.42. The van der Waals surface area contributed by atoms with Crippen molar-refractivity contribution < 1.29 is 18.0 Å².